The number of aromatic amines is 1. The van der Waals surface area contributed by atoms with Crippen molar-refractivity contribution in [1.29, 1.82) is 0 Å². The molecule has 0 unspecified atom stereocenters. The lowest BCUT2D eigenvalue weighted by Gasteiger charge is -2.07. The van der Waals surface area contributed by atoms with Crippen LogP contribution in [0.15, 0.2) is 24.3 Å². The van der Waals surface area contributed by atoms with Crippen molar-refractivity contribution in [3.05, 3.63) is 52.6 Å². The molecule has 3 heterocycles. The van der Waals surface area contributed by atoms with Crippen LogP contribution < -0.4 is 5.32 Å². The van der Waals surface area contributed by atoms with Crippen LogP contribution in [0.2, 0.25) is 0 Å². The topological polar surface area (TPSA) is 70.9 Å². The first-order valence-electron chi connectivity index (χ1n) is 8.04. The second kappa shape index (κ2) is 5.33. The average Bonchev–Trinajstić information content (AvgIpc) is 3.11. The third-order valence-corrected chi connectivity index (χ3v) is 4.34. The summed E-state index contributed by atoms with van der Waals surface area (Å²) < 4.78 is 1.83. The van der Waals surface area contributed by atoms with Gasteiger partial charge in [0.2, 0.25) is 0 Å². The van der Waals surface area contributed by atoms with Gasteiger partial charge < -0.3 is 10.3 Å². The first-order chi connectivity index (χ1) is 11.5. The Bertz CT molecular complexity index is 1060. The van der Waals surface area contributed by atoms with Crippen LogP contribution in [0, 0.1) is 27.7 Å². The Morgan fingerprint density at radius 1 is 1.04 bits per heavy atom. The normalized spacial score (nSPS) is 11.5. The first-order valence-corrected chi connectivity index (χ1v) is 8.04. The molecule has 0 aliphatic heterocycles. The summed E-state index contributed by atoms with van der Waals surface area (Å²) in [5.74, 6) is 1.82. The van der Waals surface area contributed by atoms with Gasteiger partial charge in [0, 0.05) is 17.8 Å². The van der Waals surface area contributed by atoms with Gasteiger partial charge in [-0.2, -0.15) is 9.61 Å². The van der Waals surface area contributed by atoms with E-state index < -0.39 is 0 Å². The maximum absolute atomic E-state index is 4.73. The van der Waals surface area contributed by atoms with E-state index in [-0.39, 0.29) is 0 Å². The number of aryl methyl sites for hydroxylation is 4. The molecule has 122 valence electrons. The van der Waals surface area contributed by atoms with Crippen molar-refractivity contribution >= 4 is 22.5 Å². The van der Waals surface area contributed by atoms with Crippen molar-refractivity contribution in [3.63, 3.8) is 0 Å². The molecule has 0 aliphatic rings. The lowest BCUT2D eigenvalue weighted by Crippen LogP contribution is -2.07. The van der Waals surface area contributed by atoms with Crippen LogP contribution in [0.3, 0.4) is 0 Å². The highest BCUT2D eigenvalue weighted by atomic mass is 15.3. The number of hydrogen-bond acceptors (Lipinski definition) is 4. The average molecular weight is 320 g/mol. The Balaban J connectivity index is 1.67. The Kier molecular flexibility index (Phi) is 3.26. The van der Waals surface area contributed by atoms with Gasteiger partial charge in [0.1, 0.15) is 11.6 Å². The predicted molar refractivity (Wildman–Crippen MR) is 95.4 cm³/mol. The number of imidazole rings is 1. The summed E-state index contributed by atoms with van der Waals surface area (Å²) in [5.41, 5.74) is 7.35. The molecule has 6 nitrogen and oxygen atoms in total. The molecule has 3 aromatic heterocycles. The van der Waals surface area contributed by atoms with Crippen molar-refractivity contribution in [2.75, 3.05) is 5.32 Å². The Morgan fingerprint density at radius 3 is 2.71 bits per heavy atom. The Hall–Kier alpha value is -2.89. The quantitative estimate of drug-likeness (QED) is 0.606. The lowest BCUT2D eigenvalue weighted by molar-refractivity contribution is 0.889. The smallest absolute Gasteiger partial charge is 0.157 e. The number of H-pyrrole nitrogens is 1. The summed E-state index contributed by atoms with van der Waals surface area (Å²) in [6, 6.07) is 8.18. The number of nitrogens with zero attached hydrogens (tertiary/aromatic N) is 4. The minimum atomic E-state index is 0.602. The van der Waals surface area contributed by atoms with Crippen LogP contribution in [-0.2, 0) is 6.54 Å². The van der Waals surface area contributed by atoms with Crippen molar-refractivity contribution in [2.24, 2.45) is 0 Å². The molecule has 0 fully saturated rings. The molecule has 0 atom stereocenters. The molecule has 0 bridgehead atoms. The van der Waals surface area contributed by atoms with E-state index in [2.05, 4.69) is 46.4 Å². The second-order valence-electron chi connectivity index (χ2n) is 6.28. The van der Waals surface area contributed by atoms with Gasteiger partial charge in [0.05, 0.1) is 23.3 Å². The van der Waals surface area contributed by atoms with Gasteiger partial charge in [-0.25, -0.2) is 9.97 Å². The van der Waals surface area contributed by atoms with Crippen LogP contribution in [-0.4, -0.2) is 24.6 Å². The van der Waals surface area contributed by atoms with E-state index >= 15 is 0 Å². The van der Waals surface area contributed by atoms with Gasteiger partial charge in [-0.05, 0) is 44.9 Å². The molecule has 0 spiro atoms. The van der Waals surface area contributed by atoms with E-state index in [4.69, 9.17) is 4.98 Å². The molecule has 0 radical (unpaired) electrons. The van der Waals surface area contributed by atoms with E-state index in [1.54, 1.807) is 0 Å². The summed E-state index contributed by atoms with van der Waals surface area (Å²) in [5, 5.41) is 7.92. The minimum Gasteiger partial charge on any atom is -0.363 e. The van der Waals surface area contributed by atoms with E-state index in [0.717, 1.165) is 39.7 Å². The van der Waals surface area contributed by atoms with Crippen molar-refractivity contribution in [2.45, 2.75) is 34.2 Å². The summed E-state index contributed by atoms with van der Waals surface area (Å²) in [4.78, 5) is 12.6. The minimum absolute atomic E-state index is 0.602. The molecule has 4 rings (SSSR count). The Morgan fingerprint density at radius 2 is 1.88 bits per heavy atom. The zero-order chi connectivity index (χ0) is 16.8. The SMILES string of the molecule is Cc1cc(NCc2nc3c(C)c(C)ccc3[nH]2)n2nc(C)cc2n1. The van der Waals surface area contributed by atoms with E-state index in [0.29, 0.717) is 6.54 Å². The van der Waals surface area contributed by atoms with E-state index in [1.165, 1.54) is 11.1 Å². The largest absolute Gasteiger partial charge is 0.363 e. The van der Waals surface area contributed by atoms with Crippen molar-refractivity contribution in [1.82, 2.24) is 24.6 Å². The molecule has 1 aromatic carbocycles. The molecule has 6 heteroatoms. The molecule has 4 aromatic rings. The Labute approximate surface area is 139 Å². The van der Waals surface area contributed by atoms with Crippen LogP contribution in [0.5, 0.6) is 0 Å². The number of hydrogen-bond donors (Lipinski definition) is 2. The molecule has 2 N–H and O–H groups in total. The fraction of sp³-hybridized carbons (Fsp3) is 0.278. The monoisotopic (exact) mass is 320 g/mol. The highest BCUT2D eigenvalue weighted by molar-refractivity contribution is 5.79. The van der Waals surface area contributed by atoms with Gasteiger partial charge in [-0.1, -0.05) is 6.07 Å². The summed E-state index contributed by atoms with van der Waals surface area (Å²) in [7, 11) is 0. The zero-order valence-corrected chi connectivity index (χ0v) is 14.3. The molecule has 0 saturated heterocycles. The zero-order valence-electron chi connectivity index (χ0n) is 14.3. The number of fused-ring (bicyclic) bond motifs is 2. The number of nitrogens with one attached hydrogen (secondary N) is 2. The van der Waals surface area contributed by atoms with Crippen molar-refractivity contribution < 1.29 is 0 Å². The first kappa shape index (κ1) is 14.7. The molecule has 24 heavy (non-hydrogen) atoms. The summed E-state index contributed by atoms with van der Waals surface area (Å²) in [6.07, 6.45) is 0. The molecular weight excluding hydrogens is 300 g/mol. The second-order valence-corrected chi connectivity index (χ2v) is 6.28. The van der Waals surface area contributed by atoms with Crippen molar-refractivity contribution in [3.8, 4) is 0 Å². The van der Waals surface area contributed by atoms with Crippen LogP contribution in [0.1, 0.15) is 28.3 Å². The van der Waals surface area contributed by atoms with Crippen LogP contribution in [0.25, 0.3) is 16.7 Å². The van der Waals surface area contributed by atoms with E-state index in [9.17, 15) is 0 Å². The van der Waals surface area contributed by atoms with Gasteiger partial charge in [-0.3, -0.25) is 0 Å². The molecule has 0 amide bonds. The number of rotatable bonds is 3. The van der Waals surface area contributed by atoms with Gasteiger partial charge >= 0.3 is 0 Å². The number of anilines is 1. The molecule has 0 aliphatic carbocycles. The van der Waals surface area contributed by atoms with Gasteiger partial charge in [-0.15, -0.1) is 0 Å². The highest BCUT2D eigenvalue weighted by Gasteiger charge is 2.09. The molecule has 0 saturated carbocycles. The fourth-order valence-electron chi connectivity index (χ4n) is 2.96. The summed E-state index contributed by atoms with van der Waals surface area (Å²) in [6.45, 7) is 8.78. The number of aromatic nitrogens is 5. The van der Waals surface area contributed by atoms with Gasteiger partial charge in [0.25, 0.3) is 0 Å². The molecular formula is C18H20N6. The number of benzene rings is 1. The fourth-order valence-corrected chi connectivity index (χ4v) is 2.96. The maximum Gasteiger partial charge on any atom is 0.157 e. The van der Waals surface area contributed by atoms with E-state index in [1.807, 2.05) is 30.5 Å². The maximum atomic E-state index is 4.73. The predicted octanol–water partition coefficient (Wildman–Crippen LogP) is 3.45. The van der Waals surface area contributed by atoms with Crippen LogP contribution in [0.4, 0.5) is 5.82 Å². The third kappa shape index (κ3) is 2.40. The lowest BCUT2D eigenvalue weighted by atomic mass is 10.1. The standard InChI is InChI=1S/C18H20N6/c1-10-5-6-14-18(13(10)4)22-15(21-14)9-19-16-7-11(2)20-17-8-12(3)23-24(16)17/h5-8,19H,9H2,1-4H3,(H,21,22). The van der Waals surface area contributed by atoms with Gasteiger partial charge in [0.15, 0.2) is 5.65 Å². The summed E-state index contributed by atoms with van der Waals surface area (Å²) >= 11 is 0. The highest BCUT2D eigenvalue weighted by Crippen LogP contribution is 2.20. The third-order valence-electron chi connectivity index (χ3n) is 4.34. The van der Waals surface area contributed by atoms with Crippen LogP contribution >= 0.6 is 0 Å².